The zero-order valence-electron chi connectivity index (χ0n) is 11.1. The van der Waals surface area contributed by atoms with Crippen LogP contribution in [0.2, 0.25) is 0 Å². The Labute approximate surface area is 118 Å². The molecule has 1 aromatic carbocycles. The Kier molecular flexibility index (Phi) is 4.11. The Hall–Kier alpha value is -2.18. The number of ketones is 1. The Morgan fingerprint density at radius 1 is 1.29 bits per heavy atom. The van der Waals surface area contributed by atoms with Crippen molar-refractivity contribution < 1.29 is 22.4 Å². The van der Waals surface area contributed by atoms with Crippen LogP contribution in [0.3, 0.4) is 0 Å². The molecule has 0 N–H and O–H groups in total. The minimum Gasteiger partial charge on any atom is -0.287 e. The molecule has 0 saturated carbocycles. The minimum absolute atomic E-state index is 0.177. The number of rotatable bonds is 4. The van der Waals surface area contributed by atoms with Gasteiger partial charge in [0, 0.05) is 18.3 Å². The van der Waals surface area contributed by atoms with Crippen molar-refractivity contribution in [2.75, 3.05) is 0 Å². The average molecular weight is 300 g/mol. The molecule has 0 aliphatic rings. The lowest BCUT2D eigenvalue weighted by molar-refractivity contribution is -0.140. The predicted molar refractivity (Wildman–Crippen MR) is 67.4 cm³/mol. The maximum Gasteiger partial charge on any atom is 0.419 e. The lowest BCUT2D eigenvalue weighted by atomic mass is 10.0. The van der Waals surface area contributed by atoms with E-state index in [1.54, 1.807) is 0 Å². The maximum atomic E-state index is 13.2. The fraction of sp³-hybridized carbons (Fsp3) is 0.286. The molecule has 3 nitrogen and oxygen atoms in total. The summed E-state index contributed by atoms with van der Waals surface area (Å²) in [6, 6.07) is 3.64. The summed E-state index contributed by atoms with van der Waals surface area (Å²) in [5, 5.41) is 3.94. The van der Waals surface area contributed by atoms with Gasteiger partial charge in [0.05, 0.1) is 5.56 Å². The number of aromatic nitrogens is 2. The van der Waals surface area contributed by atoms with Gasteiger partial charge in [-0.25, -0.2) is 4.39 Å². The zero-order valence-corrected chi connectivity index (χ0v) is 11.1. The Morgan fingerprint density at radius 3 is 2.62 bits per heavy atom. The van der Waals surface area contributed by atoms with Gasteiger partial charge in [-0.1, -0.05) is 6.92 Å². The predicted octanol–water partition coefficient (Wildman–Crippen LogP) is 3.68. The summed E-state index contributed by atoms with van der Waals surface area (Å²) in [5.41, 5.74) is -1.49. The van der Waals surface area contributed by atoms with Crippen LogP contribution in [0.5, 0.6) is 0 Å². The summed E-state index contributed by atoms with van der Waals surface area (Å²) in [5.74, 6) is -2.02. The van der Waals surface area contributed by atoms with Crippen molar-refractivity contribution in [3.63, 3.8) is 0 Å². The molecule has 0 aliphatic heterocycles. The minimum atomic E-state index is -4.84. The smallest absolute Gasteiger partial charge is 0.287 e. The first-order chi connectivity index (χ1) is 9.84. The van der Waals surface area contributed by atoms with Gasteiger partial charge in [0.2, 0.25) is 5.78 Å². The van der Waals surface area contributed by atoms with Gasteiger partial charge < -0.3 is 0 Å². The third-order valence-corrected chi connectivity index (χ3v) is 2.92. The van der Waals surface area contributed by atoms with Crippen LogP contribution in [0.1, 0.15) is 35.0 Å². The molecule has 0 aliphatic carbocycles. The molecule has 0 bridgehead atoms. The Balaban J connectivity index is 2.42. The summed E-state index contributed by atoms with van der Waals surface area (Å²) in [4.78, 5) is 12.2. The van der Waals surface area contributed by atoms with E-state index >= 15 is 0 Å². The Bertz CT molecular complexity index is 661. The van der Waals surface area contributed by atoms with Crippen molar-refractivity contribution in [1.29, 1.82) is 0 Å². The summed E-state index contributed by atoms with van der Waals surface area (Å²) >= 11 is 0. The number of hydrogen-bond donors (Lipinski definition) is 0. The van der Waals surface area contributed by atoms with E-state index in [2.05, 4.69) is 5.10 Å². The molecule has 21 heavy (non-hydrogen) atoms. The van der Waals surface area contributed by atoms with Gasteiger partial charge in [0.1, 0.15) is 11.5 Å². The SMILES string of the molecule is CCCn1nccc1C(=O)c1ccc(F)c(C(F)(F)F)c1. The van der Waals surface area contributed by atoms with Gasteiger partial charge in [-0.15, -0.1) is 0 Å². The van der Waals surface area contributed by atoms with E-state index in [-0.39, 0.29) is 11.3 Å². The molecule has 0 radical (unpaired) electrons. The molecule has 0 fully saturated rings. The monoisotopic (exact) mass is 300 g/mol. The summed E-state index contributed by atoms with van der Waals surface area (Å²) < 4.78 is 52.6. The van der Waals surface area contributed by atoms with E-state index in [9.17, 15) is 22.4 Å². The van der Waals surface area contributed by atoms with E-state index in [0.717, 1.165) is 12.5 Å². The van der Waals surface area contributed by atoms with Crippen molar-refractivity contribution >= 4 is 5.78 Å². The Morgan fingerprint density at radius 2 is 2.00 bits per heavy atom. The molecular formula is C14H12F4N2O. The van der Waals surface area contributed by atoms with Crippen LogP contribution >= 0.6 is 0 Å². The van der Waals surface area contributed by atoms with Crippen molar-refractivity contribution in [3.05, 3.63) is 53.1 Å². The van der Waals surface area contributed by atoms with Crippen molar-refractivity contribution in [3.8, 4) is 0 Å². The number of nitrogens with zero attached hydrogens (tertiary/aromatic N) is 2. The van der Waals surface area contributed by atoms with E-state index in [1.165, 1.54) is 16.9 Å². The molecule has 112 valence electrons. The molecule has 0 saturated heterocycles. The highest BCUT2D eigenvalue weighted by Crippen LogP contribution is 2.32. The fourth-order valence-electron chi connectivity index (χ4n) is 1.95. The number of halogens is 4. The van der Waals surface area contributed by atoms with Crippen molar-refractivity contribution in [1.82, 2.24) is 9.78 Å². The number of alkyl halides is 3. The average Bonchev–Trinajstić information content (AvgIpc) is 2.86. The van der Waals surface area contributed by atoms with Crippen LogP contribution in [-0.2, 0) is 12.7 Å². The first-order valence-corrected chi connectivity index (χ1v) is 6.28. The normalized spacial score (nSPS) is 11.7. The number of carbonyl (C=O) groups is 1. The van der Waals surface area contributed by atoms with Crippen molar-refractivity contribution in [2.45, 2.75) is 26.1 Å². The fourth-order valence-corrected chi connectivity index (χ4v) is 1.95. The molecular weight excluding hydrogens is 288 g/mol. The zero-order chi connectivity index (χ0) is 15.6. The summed E-state index contributed by atoms with van der Waals surface area (Å²) in [6.45, 7) is 2.36. The van der Waals surface area contributed by atoms with E-state index in [1.807, 2.05) is 6.92 Å². The molecule has 2 rings (SSSR count). The van der Waals surface area contributed by atoms with Gasteiger partial charge in [-0.05, 0) is 30.7 Å². The largest absolute Gasteiger partial charge is 0.419 e. The van der Waals surface area contributed by atoms with Crippen LogP contribution in [0.4, 0.5) is 17.6 Å². The van der Waals surface area contributed by atoms with Crippen molar-refractivity contribution in [2.24, 2.45) is 0 Å². The second-order valence-electron chi connectivity index (χ2n) is 4.46. The van der Waals surface area contributed by atoms with E-state index < -0.39 is 23.3 Å². The van der Waals surface area contributed by atoms with Crippen LogP contribution in [-0.4, -0.2) is 15.6 Å². The van der Waals surface area contributed by atoms with E-state index in [0.29, 0.717) is 18.7 Å². The van der Waals surface area contributed by atoms with Gasteiger partial charge in [0.25, 0.3) is 0 Å². The highest BCUT2D eigenvalue weighted by atomic mass is 19.4. The van der Waals surface area contributed by atoms with Crippen LogP contribution in [0, 0.1) is 5.82 Å². The summed E-state index contributed by atoms with van der Waals surface area (Å²) in [7, 11) is 0. The van der Waals surface area contributed by atoms with Gasteiger partial charge in [0.15, 0.2) is 0 Å². The molecule has 0 unspecified atom stereocenters. The maximum absolute atomic E-state index is 13.2. The van der Waals surface area contributed by atoms with Gasteiger partial charge in [-0.2, -0.15) is 18.3 Å². The molecule has 0 atom stereocenters. The lowest BCUT2D eigenvalue weighted by Crippen LogP contribution is -2.14. The molecule has 0 spiro atoms. The topological polar surface area (TPSA) is 34.9 Å². The van der Waals surface area contributed by atoms with Crippen LogP contribution in [0.15, 0.2) is 30.5 Å². The molecule has 1 aromatic heterocycles. The second-order valence-corrected chi connectivity index (χ2v) is 4.46. The second kappa shape index (κ2) is 5.67. The lowest BCUT2D eigenvalue weighted by Gasteiger charge is -2.10. The molecule has 0 amide bonds. The third kappa shape index (κ3) is 3.12. The van der Waals surface area contributed by atoms with Crippen LogP contribution < -0.4 is 0 Å². The molecule has 7 heteroatoms. The standard InChI is InChI=1S/C14H12F4N2O/c1-2-7-20-12(5-6-19-20)13(21)9-3-4-11(15)10(8-9)14(16,17)18/h3-6,8H,2,7H2,1H3. The first-order valence-electron chi connectivity index (χ1n) is 6.28. The van der Waals surface area contributed by atoms with Gasteiger partial charge in [-0.3, -0.25) is 9.48 Å². The first kappa shape index (κ1) is 15.2. The number of hydrogen-bond acceptors (Lipinski definition) is 2. The third-order valence-electron chi connectivity index (χ3n) is 2.92. The molecule has 1 heterocycles. The number of carbonyl (C=O) groups excluding carboxylic acids is 1. The highest BCUT2D eigenvalue weighted by Gasteiger charge is 2.34. The van der Waals surface area contributed by atoms with Crippen LogP contribution in [0.25, 0.3) is 0 Å². The van der Waals surface area contributed by atoms with E-state index in [4.69, 9.17) is 0 Å². The number of aryl methyl sites for hydroxylation is 1. The quantitative estimate of drug-likeness (QED) is 0.637. The summed E-state index contributed by atoms with van der Waals surface area (Å²) in [6.07, 6.45) is -2.72. The molecule has 2 aromatic rings. The van der Waals surface area contributed by atoms with Gasteiger partial charge >= 0.3 is 6.18 Å². The number of benzene rings is 1. The highest BCUT2D eigenvalue weighted by molar-refractivity contribution is 6.07.